The minimum atomic E-state index is -0.346. The van der Waals surface area contributed by atoms with E-state index >= 15 is 0 Å². The Morgan fingerprint density at radius 2 is 1.94 bits per heavy atom. The van der Waals surface area contributed by atoms with Crippen LogP contribution in [-0.4, -0.2) is 34.8 Å². The van der Waals surface area contributed by atoms with Crippen molar-refractivity contribution in [2.24, 2.45) is 5.16 Å². The normalized spacial score (nSPS) is 17.6. The highest BCUT2D eigenvalue weighted by atomic mass is 16.4. The first-order chi connectivity index (χ1) is 14.8. The molecule has 5 rings (SSSR count). The van der Waals surface area contributed by atoms with Gasteiger partial charge in [0.15, 0.2) is 5.78 Å². The average molecular weight is 417 g/mol. The summed E-state index contributed by atoms with van der Waals surface area (Å²) in [7, 11) is 0. The number of aromatic nitrogens is 1. The molecular weight excluding hydrogens is 388 g/mol. The van der Waals surface area contributed by atoms with E-state index in [4.69, 9.17) is 10.9 Å². The van der Waals surface area contributed by atoms with Gasteiger partial charge in [-0.2, -0.15) is 0 Å². The number of rotatable bonds is 2. The Hall–Kier alpha value is -3.28. The number of hydrogen-bond acceptors (Lipinski definition) is 5. The highest BCUT2D eigenvalue weighted by Gasteiger charge is 2.40. The van der Waals surface area contributed by atoms with Crippen LogP contribution in [0.1, 0.15) is 66.4 Å². The fraction of sp³-hybridized carbons (Fsp3) is 0.360. The third-order valence-electron chi connectivity index (χ3n) is 7.02. The lowest BCUT2D eigenvalue weighted by Crippen LogP contribution is -2.36. The molecule has 0 saturated carbocycles. The number of nitrogen functional groups attached to an aromatic ring is 1. The Labute approximate surface area is 181 Å². The summed E-state index contributed by atoms with van der Waals surface area (Å²) in [6.07, 6.45) is 2.37. The summed E-state index contributed by atoms with van der Waals surface area (Å²) < 4.78 is 0. The van der Waals surface area contributed by atoms with E-state index in [-0.39, 0.29) is 11.2 Å². The van der Waals surface area contributed by atoms with Crippen LogP contribution in [0.2, 0.25) is 0 Å². The number of nitrogens with one attached hydrogen (secondary N) is 1. The van der Waals surface area contributed by atoms with Gasteiger partial charge < -0.3 is 20.8 Å². The summed E-state index contributed by atoms with van der Waals surface area (Å²) in [6.45, 7) is 8.12. The molecule has 160 valence electrons. The zero-order valence-electron chi connectivity index (χ0n) is 18.2. The van der Waals surface area contributed by atoms with Gasteiger partial charge in [0.1, 0.15) is 0 Å². The van der Waals surface area contributed by atoms with Crippen LogP contribution in [0.15, 0.2) is 35.5 Å². The molecule has 2 aromatic carbocycles. The lowest BCUT2D eigenvalue weighted by Gasteiger charge is -2.36. The summed E-state index contributed by atoms with van der Waals surface area (Å²) in [5.74, 6) is 0.0786. The zero-order valence-corrected chi connectivity index (χ0v) is 18.2. The number of carbonyl (C=O) groups is 1. The first kappa shape index (κ1) is 19.7. The second-order valence-corrected chi connectivity index (χ2v) is 9.17. The molecule has 0 atom stereocenters. The third kappa shape index (κ3) is 2.85. The number of hydrogen-bond donors (Lipinski definition) is 3. The number of oxime groups is 1. The Morgan fingerprint density at radius 3 is 2.61 bits per heavy atom. The second-order valence-electron chi connectivity index (χ2n) is 9.17. The molecule has 31 heavy (non-hydrogen) atoms. The van der Waals surface area contributed by atoms with Gasteiger partial charge in [0.25, 0.3) is 0 Å². The molecule has 0 bridgehead atoms. The number of piperidine rings is 1. The number of nitrogens with zero attached hydrogens (tertiary/aromatic N) is 2. The quantitative estimate of drug-likeness (QED) is 0.323. The number of benzene rings is 2. The molecule has 6 nitrogen and oxygen atoms in total. The van der Waals surface area contributed by atoms with Crippen LogP contribution >= 0.6 is 0 Å². The maximum Gasteiger partial charge on any atom is 0.195 e. The number of anilines is 2. The topological polar surface area (TPSA) is 94.7 Å². The van der Waals surface area contributed by atoms with Crippen LogP contribution in [-0.2, 0) is 11.8 Å². The fourth-order valence-electron chi connectivity index (χ4n) is 5.21. The van der Waals surface area contributed by atoms with Crippen molar-refractivity contribution in [3.8, 4) is 0 Å². The van der Waals surface area contributed by atoms with Gasteiger partial charge in [-0.15, -0.1) is 0 Å². The van der Waals surface area contributed by atoms with Gasteiger partial charge in [-0.25, -0.2) is 0 Å². The number of fused-ring (bicyclic) bond motifs is 4. The molecule has 6 heteroatoms. The summed E-state index contributed by atoms with van der Waals surface area (Å²) >= 11 is 0. The number of nitrogens with two attached hydrogens (primary N) is 1. The lowest BCUT2D eigenvalue weighted by molar-refractivity contribution is 0.103. The number of carbonyl (C=O) groups excluding carboxylic acids is 1. The second kappa shape index (κ2) is 6.87. The van der Waals surface area contributed by atoms with E-state index < -0.39 is 0 Å². The summed E-state index contributed by atoms with van der Waals surface area (Å²) in [4.78, 5) is 19.5. The minimum Gasteiger partial charge on any atom is -0.411 e. The number of aromatic amines is 1. The summed E-state index contributed by atoms with van der Waals surface area (Å²) in [5.41, 5.74) is 14.0. The summed E-state index contributed by atoms with van der Waals surface area (Å²) in [6, 6.07) is 10.0. The monoisotopic (exact) mass is 416 g/mol. The predicted octanol–water partition coefficient (Wildman–Crippen LogP) is 4.61. The van der Waals surface area contributed by atoms with E-state index in [1.807, 2.05) is 18.2 Å². The highest BCUT2D eigenvalue weighted by Crippen LogP contribution is 2.46. The fourth-order valence-corrected chi connectivity index (χ4v) is 5.21. The molecule has 1 aliphatic carbocycles. The first-order valence-corrected chi connectivity index (χ1v) is 10.9. The molecule has 0 radical (unpaired) electrons. The van der Waals surface area contributed by atoms with Crippen LogP contribution in [0.4, 0.5) is 11.4 Å². The standard InChI is InChI=1S/C25H28N4O2/c1-4-14-11-18-19(13-21(14)29-9-7-16(28-31)8-10-29)25(2,3)24-22(23(18)30)17-6-5-15(26)12-20(17)27-24/h5-6,11-13,27,31H,4,7-10,26H2,1-3H3. The largest absolute Gasteiger partial charge is 0.411 e. The zero-order chi connectivity index (χ0) is 21.9. The Balaban J connectivity index is 1.68. The van der Waals surface area contributed by atoms with Gasteiger partial charge in [-0.1, -0.05) is 32.0 Å². The van der Waals surface area contributed by atoms with Crippen molar-refractivity contribution >= 4 is 33.8 Å². The first-order valence-electron chi connectivity index (χ1n) is 10.9. The molecule has 3 aromatic rings. The van der Waals surface area contributed by atoms with Crippen molar-refractivity contribution in [2.45, 2.75) is 45.4 Å². The van der Waals surface area contributed by atoms with Gasteiger partial charge in [0.05, 0.1) is 11.3 Å². The van der Waals surface area contributed by atoms with Crippen molar-refractivity contribution in [2.75, 3.05) is 23.7 Å². The van der Waals surface area contributed by atoms with Crippen LogP contribution in [0.25, 0.3) is 10.9 Å². The smallest absolute Gasteiger partial charge is 0.195 e. The SMILES string of the molecule is CCc1cc2c(cc1N1CCC(=NO)CC1)C(C)(C)c1[nH]c3cc(N)ccc3c1C2=O. The molecule has 1 aliphatic heterocycles. The molecule has 0 spiro atoms. The average Bonchev–Trinajstić information content (AvgIpc) is 3.16. The molecule has 1 fully saturated rings. The van der Waals surface area contributed by atoms with Crippen molar-refractivity contribution in [3.63, 3.8) is 0 Å². The van der Waals surface area contributed by atoms with Crippen molar-refractivity contribution in [3.05, 3.63) is 58.3 Å². The van der Waals surface area contributed by atoms with Crippen molar-refractivity contribution in [1.29, 1.82) is 0 Å². The van der Waals surface area contributed by atoms with Crippen molar-refractivity contribution in [1.82, 2.24) is 4.98 Å². The number of aryl methyl sites for hydroxylation is 1. The van der Waals surface area contributed by atoms with Gasteiger partial charge in [-0.3, -0.25) is 4.79 Å². The lowest BCUT2D eigenvalue weighted by atomic mass is 9.70. The third-order valence-corrected chi connectivity index (χ3v) is 7.02. The van der Waals surface area contributed by atoms with Gasteiger partial charge in [-0.05, 0) is 41.8 Å². The maximum atomic E-state index is 13.7. The number of H-pyrrole nitrogens is 1. The van der Waals surface area contributed by atoms with Gasteiger partial charge in [0.2, 0.25) is 0 Å². The maximum absolute atomic E-state index is 13.7. The molecule has 0 amide bonds. The molecule has 4 N–H and O–H groups in total. The van der Waals surface area contributed by atoms with Crippen molar-refractivity contribution < 1.29 is 10.0 Å². The Morgan fingerprint density at radius 1 is 1.19 bits per heavy atom. The summed E-state index contributed by atoms with van der Waals surface area (Å²) in [5, 5.41) is 13.4. The van der Waals surface area contributed by atoms with Crippen LogP contribution < -0.4 is 10.6 Å². The van der Waals surface area contributed by atoms with Gasteiger partial charge in [0, 0.05) is 64.9 Å². The van der Waals surface area contributed by atoms with Crippen LogP contribution in [0.3, 0.4) is 0 Å². The molecular formula is C25H28N4O2. The number of ketones is 1. The molecule has 1 saturated heterocycles. The molecule has 0 unspecified atom stereocenters. The molecule has 2 aliphatic rings. The molecule has 2 heterocycles. The Kier molecular flexibility index (Phi) is 4.36. The predicted molar refractivity (Wildman–Crippen MR) is 125 cm³/mol. The van der Waals surface area contributed by atoms with E-state index in [1.54, 1.807) is 0 Å². The van der Waals surface area contributed by atoms with E-state index in [1.165, 1.54) is 11.3 Å². The van der Waals surface area contributed by atoms with E-state index in [0.29, 0.717) is 5.69 Å². The van der Waals surface area contributed by atoms with Crippen LogP contribution in [0, 0.1) is 0 Å². The van der Waals surface area contributed by atoms with E-state index in [9.17, 15) is 4.79 Å². The van der Waals surface area contributed by atoms with Crippen LogP contribution in [0.5, 0.6) is 0 Å². The Bertz CT molecular complexity index is 1240. The highest BCUT2D eigenvalue weighted by molar-refractivity contribution is 6.20. The van der Waals surface area contributed by atoms with Gasteiger partial charge >= 0.3 is 0 Å². The minimum absolute atomic E-state index is 0.0786. The van der Waals surface area contributed by atoms with E-state index in [0.717, 1.165) is 71.4 Å². The van der Waals surface area contributed by atoms with E-state index in [2.05, 4.69) is 47.9 Å². The molecule has 1 aromatic heterocycles.